The van der Waals surface area contributed by atoms with Crippen molar-refractivity contribution in [3.05, 3.63) is 138 Å². The highest BCUT2D eigenvalue weighted by Crippen LogP contribution is 2.53. The third kappa shape index (κ3) is 6.60. The predicted molar refractivity (Wildman–Crippen MR) is 252 cm³/mol. The second-order valence-corrected chi connectivity index (χ2v) is 19.5. The lowest BCUT2D eigenvalue weighted by Crippen LogP contribution is -2.33. The highest BCUT2D eigenvalue weighted by molar-refractivity contribution is 6.24. The number of aliphatic imine (C=N–C) groups is 1. The van der Waals surface area contributed by atoms with Crippen LogP contribution < -0.4 is 0 Å². The summed E-state index contributed by atoms with van der Waals surface area (Å²) in [5.41, 5.74) is 10.9. The molecule has 2 atom stereocenters. The first kappa shape index (κ1) is 39.0. The van der Waals surface area contributed by atoms with Gasteiger partial charge in [-0.25, -0.2) is 15.0 Å². The quantitative estimate of drug-likeness (QED) is 0.125. The Labute approximate surface area is 351 Å². The lowest BCUT2D eigenvalue weighted by Gasteiger charge is -2.42. The Morgan fingerprint density at radius 2 is 1.34 bits per heavy atom. The smallest absolute Gasteiger partial charge is 0.165 e. The third-order valence-corrected chi connectivity index (χ3v) is 14.0. The Kier molecular flexibility index (Phi) is 9.50. The molecule has 6 aromatic rings. The van der Waals surface area contributed by atoms with Crippen LogP contribution in [0.3, 0.4) is 0 Å². The Hall–Kier alpha value is -5.48. The van der Waals surface area contributed by atoms with E-state index in [1.54, 1.807) is 0 Å². The average Bonchev–Trinajstić information content (AvgIpc) is 3.22. The molecule has 0 radical (unpaired) electrons. The van der Waals surface area contributed by atoms with Gasteiger partial charge in [-0.3, -0.25) is 4.99 Å². The number of nitrogens with zero attached hydrogens (tertiary/aromatic N) is 4. The standard InChI is InChI=1S/C55H58N4/c1-11-12-13-18-35(4)50-57-51(59-52(58-50)49-34(3)19-17-28-56-49)48-40-29-39-33(2)24-25-53(5,6)44(39)30-41(40)47(38-23-16-21-36-20-14-15-22-37(36)38)42-31-45-46(32-43(42)48)55(9,10)27-26-54(45,7)8/h11-16,18,20-23,28-32,34,49H,2,4,17,19,24-27H2,1,3,5-10H3/b12-11-,18-13-. The van der Waals surface area contributed by atoms with E-state index in [0.29, 0.717) is 23.4 Å². The molecule has 4 nitrogen and oxygen atoms in total. The van der Waals surface area contributed by atoms with Crippen LogP contribution in [0.2, 0.25) is 0 Å². The van der Waals surface area contributed by atoms with Crippen molar-refractivity contribution < 1.29 is 0 Å². The molecule has 0 fully saturated rings. The van der Waals surface area contributed by atoms with Crippen molar-refractivity contribution >= 4 is 49.7 Å². The Balaban J connectivity index is 1.51. The molecular formula is C55H58N4. The van der Waals surface area contributed by atoms with Crippen molar-refractivity contribution in [3.8, 4) is 22.5 Å². The van der Waals surface area contributed by atoms with Crippen LogP contribution in [-0.4, -0.2) is 21.2 Å². The van der Waals surface area contributed by atoms with E-state index in [0.717, 1.165) is 55.0 Å². The number of rotatable bonds is 6. The van der Waals surface area contributed by atoms with Gasteiger partial charge in [0.2, 0.25) is 0 Å². The molecule has 3 aliphatic rings. The van der Waals surface area contributed by atoms with Crippen molar-refractivity contribution in [1.82, 2.24) is 15.0 Å². The topological polar surface area (TPSA) is 51.0 Å². The SMILES string of the molecule is C=C(/C=C\C=C/C)c1nc(-c2c3cc4c(cc3c(-c3cccc5ccccc35)c3cc5c(cc23)C(C)(C)CCC5(C)C)C(C)(C)CCC4=C)nc(C2N=CCCC2C)n1. The molecule has 5 aromatic carbocycles. The maximum absolute atomic E-state index is 5.51. The summed E-state index contributed by atoms with van der Waals surface area (Å²) in [7, 11) is 0. The maximum atomic E-state index is 5.51. The molecule has 1 aliphatic heterocycles. The van der Waals surface area contributed by atoms with E-state index in [1.807, 2.05) is 37.4 Å². The molecule has 1 aromatic heterocycles. The third-order valence-electron chi connectivity index (χ3n) is 14.0. The van der Waals surface area contributed by atoms with Crippen LogP contribution in [0.1, 0.15) is 134 Å². The van der Waals surface area contributed by atoms with Gasteiger partial charge in [0.1, 0.15) is 6.04 Å². The zero-order chi connectivity index (χ0) is 41.4. The van der Waals surface area contributed by atoms with Gasteiger partial charge < -0.3 is 0 Å². The van der Waals surface area contributed by atoms with Crippen molar-refractivity contribution in [2.45, 2.75) is 116 Å². The first-order valence-electron chi connectivity index (χ1n) is 21.7. The molecule has 2 unspecified atom stereocenters. The van der Waals surface area contributed by atoms with E-state index in [2.05, 4.69) is 128 Å². The summed E-state index contributed by atoms with van der Waals surface area (Å²) in [5, 5.41) is 7.26. The fourth-order valence-electron chi connectivity index (χ4n) is 10.2. The van der Waals surface area contributed by atoms with Crippen LogP contribution in [0, 0.1) is 5.92 Å². The number of benzene rings is 5. The molecule has 0 saturated heterocycles. The predicted octanol–water partition coefficient (Wildman–Crippen LogP) is 14.8. The van der Waals surface area contributed by atoms with Gasteiger partial charge in [0.25, 0.3) is 0 Å². The van der Waals surface area contributed by atoms with Gasteiger partial charge in [0, 0.05) is 11.1 Å². The van der Waals surface area contributed by atoms with E-state index >= 15 is 0 Å². The van der Waals surface area contributed by atoms with Gasteiger partial charge in [-0.2, -0.15) is 0 Å². The van der Waals surface area contributed by atoms with E-state index < -0.39 is 0 Å². The van der Waals surface area contributed by atoms with Crippen LogP contribution in [0.15, 0.2) is 109 Å². The fraction of sp³-hybridized carbons (Fsp3) is 0.345. The summed E-state index contributed by atoms with van der Waals surface area (Å²) < 4.78 is 0. The minimum absolute atomic E-state index is 0.00736. The van der Waals surface area contributed by atoms with Crippen molar-refractivity contribution in [3.63, 3.8) is 0 Å². The largest absolute Gasteiger partial charge is 0.286 e. The number of hydrogen-bond donors (Lipinski definition) is 0. The molecule has 0 N–H and O–H groups in total. The molecule has 4 heteroatoms. The first-order valence-corrected chi connectivity index (χ1v) is 21.7. The van der Waals surface area contributed by atoms with Crippen LogP contribution >= 0.6 is 0 Å². The van der Waals surface area contributed by atoms with E-state index in [-0.39, 0.29) is 22.3 Å². The van der Waals surface area contributed by atoms with Gasteiger partial charge in [0.15, 0.2) is 17.5 Å². The molecule has 0 amide bonds. The molecule has 9 rings (SSSR count). The maximum Gasteiger partial charge on any atom is 0.165 e. The minimum Gasteiger partial charge on any atom is -0.286 e. The van der Waals surface area contributed by atoms with Crippen LogP contribution in [0.25, 0.3) is 66.0 Å². The second-order valence-electron chi connectivity index (χ2n) is 19.5. The number of allylic oxidation sites excluding steroid dienone is 6. The summed E-state index contributed by atoms with van der Waals surface area (Å²) in [4.78, 5) is 21.1. The lowest BCUT2D eigenvalue weighted by molar-refractivity contribution is 0.332. The Bertz CT molecular complexity index is 2820. The van der Waals surface area contributed by atoms with Crippen molar-refractivity contribution in [1.29, 1.82) is 0 Å². The zero-order valence-electron chi connectivity index (χ0n) is 36.3. The van der Waals surface area contributed by atoms with Crippen molar-refractivity contribution in [2.75, 3.05) is 0 Å². The van der Waals surface area contributed by atoms with Gasteiger partial charge in [-0.05, 0) is 169 Å². The van der Waals surface area contributed by atoms with Crippen LogP contribution in [0.4, 0.5) is 0 Å². The van der Waals surface area contributed by atoms with E-state index in [9.17, 15) is 0 Å². The van der Waals surface area contributed by atoms with E-state index in [4.69, 9.17) is 19.9 Å². The highest BCUT2D eigenvalue weighted by atomic mass is 15.1. The van der Waals surface area contributed by atoms with Gasteiger partial charge in [-0.15, -0.1) is 0 Å². The molecule has 59 heavy (non-hydrogen) atoms. The zero-order valence-corrected chi connectivity index (χ0v) is 36.3. The van der Waals surface area contributed by atoms with Crippen LogP contribution in [-0.2, 0) is 16.2 Å². The number of aromatic nitrogens is 3. The molecule has 0 saturated carbocycles. The van der Waals surface area contributed by atoms with Gasteiger partial charge in [0.05, 0.1) is 0 Å². The fourth-order valence-corrected chi connectivity index (χ4v) is 10.2. The number of fused-ring (bicyclic) bond motifs is 5. The molecule has 2 aliphatic carbocycles. The Morgan fingerprint density at radius 1 is 0.695 bits per heavy atom. The summed E-state index contributed by atoms with van der Waals surface area (Å²) in [6, 6.07) is 25.5. The van der Waals surface area contributed by atoms with Gasteiger partial charge in [-0.1, -0.05) is 128 Å². The number of hydrogen-bond acceptors (Lipinski definition) is 4. The average molecular weight is 775 g/mol. The van der Waals surface area contributed by atoms with Crippen LogP contribution in [0.5, 0.6) is 0 Å². The monoisotopic (exact) mass is 774 g/mol. The summed E-state index contributed by atoms with van der Waals surface area (Å²) in [6.45, 7) is 28.0. The summed E-state index contributed by atoms with van der Waals surface area (Å²) in [6.07, 6.45) is 16.4. The summed E-state index contributed by atoms with van der Waals surface area (Å²) in [5.74, 6) is 2.26. The Morgan fingerprint density at radius 3 is 2.05 bits per heavy atom. The second kappa shape index (κ2) is 14.4. The molecule has 0 spiro atoms. The molecule has 2 heterocycles. The highest BCUT2D eigenvalue weighted by Gasteiger charge is 2.39. The molecule has 298 valence electrons. The summed E-state index contributed by atoms with van der Waals surface area (Å²) >= 11 is 0. The minimum atomic E-state index is -0.162. The van der Waals surface area contributed by atoms with E-state index in [1.165, 1.54) is 65.9 Å². The lowest BCUT2D eigenvalue weighted by atomic mass is 9.62. The first-order chi connectivity index (χ1) is 28.2. The normalized spacial score (nSPS) is 20.8. The molecular weight excluding hydrogens is 717 g/mol. The molecule has 0 bridgehead atoms. The van der Waals surface area contributed by atoms with Crippen molar-refractivity contribution in [2.24, 2.45) is 10.9 Å². The van der Waals surface area contributed by atoms with Gasteiger partial charge >= 0.3 is 0 Å².